The van der Waals surface area contributed by atoms with Crippen LogP contribution in [0.3, 0.4) is 0 Å². The number of aromatic amines is 1. The molecule has 0 unspecified atom stereocenters. The summed E-state index contributed by atoms with van der Waals surface area (Å²) in [6.07, 6.45) is 0.731. The van der Waals surface area contributed by atoms with E-state index in [2.05, 4.69) is 20.7 Å². The zero-order valence-corrected chi connectivity index (χ0v) is 18.7. The number of para-hydroxylation sites is 1. The second-order valence-corrected chi connectivity index (χ2v) is 8.11. The van der Waals surface area contributed by atoms with Crippen LogP contribution in [0, 0.1) is 4.91 Å². The third kappa shape index (κ3) is 4.85. The Morgan fingerprint density at radius 1 is 1.15 bits per heavy atom. The van der Waals surface area contributed by atoms with Crippen LogP contribution < -0.4 is 15.2 Å². The third-order valence-electron chi connectivity index (χ3n) is 5.89. The number of benzene rings is 2. The Labute approximate surface area is 191 Å². The van der Waals surface area contributed by atoms with Crippen molar-refractivity contribution in [2.45, 2.75) is 19.4 Å². The lowest BCUT2D eigenvalue weighted by molar-refractivity contribution is -0.701. The lowest BCUT2D eigenvalue weighted by Crippen LogP contribution is -2.47. The van der Waals surface area contributed by atoms with E-state index in [-0.39, 0.29) is 40.6 Å². The molecule has 0 spiro atoms. The Morgan fingerprint density at radius 3 is 2.58 bits per heavy atom. The summed E-state index contributed by atoms with van der Waals surface area (Å²) in [5.74, 6) is -0.0397. The van der Waals surface area contributed by atoms with Crippen molar-refractivity contribution < 1.29 is 19.1 Å². The van der Waals surface area contributed by atoms with Gasteiger partial charge in [-0.2, -0.15) is 0 Å². The molecular formula is C23H29N6O4+. The Morgan fingerprint density at radius 2 is 1.88 bits per heavy atom. The molecule has 174 valence electrons. The van der Waals surface area contributed by atoms with Gasteiger partial charge in [0.1, 0.15) is 0 Å². The van der Waals surface area contributed by atoms with Crippen molar-refractivity contribution in [3.8, 4) is 5.75 Å². The molecule has 10 heteroatoms. The van der Waals surface area contributed by atoms with Crippen LogP contribution in [-0.4, -0.2) is 59.2 Å². The summed E-state index contributed by atoms with van der Waals surface area (Å²) in [4.78, 5) is 29.2. The number of aromatic hydroxyl groups is 1. The zero-order chi connectivity index (χ0) is 23.4. The summed E-state index contributed by atoms with van der Waals surface area (Å²) in [6.45, 7) is 4.78. The number of carbonyl (C=O) groups excluding carboxylic acids is 1. The molecule has 0 saturated carbocycles. The maximum atomic E-state index is 13.0. The number of hydrogen-bond donors (Lipinski definition) is 4. The van der Waals surface area contributed by atoms with Crippen LogP contribution in [0.15, 0.2) is 53.2 Å². The number of nitrogens with one attached hydrogen (secondary N) is 3. The van der Waals surface area contributed by atoms with E-state index in [4.69, 9.17) is 4.63 Å². The molecule has 0 aliphatic carbocycles. The van der Waals surface area contributed by atoms with Crippen LogP contribution in [0.4, 0.5) is 17.3 Å². The zero-order valence-electron chi connectivity index (χ0n) is 18.7. The van der Waals surface area contributed by atoms with Gasteiger partial charge in [-0.3, -0.25) is 10.1 Å². The van der Waals surface area contributed by atoms with Crippen molar-refractivity contribution in [1.29, 1.82) is 0 Å². The van der Waals surface area contributed by atoms with Crippen molar-refractivity contribution in [3.05, 3.63) is 64.6 Å². The van der Waals surface area contributed by atoms with E-state index in [0.717, 1.165) is 25.1 Å². The first kappa shape index (κ1) is 22.4. The Balaban J connectivity index is 1.56. The maximum Gasteiger partial charge on any atom is 0.367 e. The van der Waals surface area contributed by atoms with Gasteiger partial charge in [0.2, 0.25) is 0 Å². The standard InChI is InChI=1S/C23H28N6O4/c1-3-18(16-8-5-4-6-9-16)25-22-21(26-33-29(22)32)24-19-11-7-10-17(20(19)30)23(31)28-14-12-27(2)13-15-28/h4-11,18H,3,12-15H2,1-2H3,(H3-,24,25,26,30,31,32)/p+1/t18-/m1/s1. The molecule has 1 aliphatic heterocycles. The highest BCUT2D eigenvalue weighted by molar-refractivity contribution is 5.99. The van der Waals surface area contributed by atoms with Gasteiger partial charge < -0.3 is 20.2 Å². The molecule has 2 aromatic carbocycles. The number of piperazine rings is 1. The first-order valence-electron chi connectivity index (χ1n) is 11.0. The number of anilines is 3. The molecule has 1 aliphatic rings. The lowest BCUT2D eigenvalue weighted by atomic mass is 10.0. The minimum absolute atomic E-state index is 0.128. The van der Waals surface area contributed by atoms with Gasteiger partial charge in [-0.1, -0.05) is 48.5 Å². The van der Waals surface area contributed by atoms with Crippen molar-refractivity contribution in [2.75, 3.05) is 43.9 Å². The number of aromatic nitrogens is 2. The molecule has 1 fully saturated rings. The Hall–Kier alpha value is -3.79. The second-order valence-electron chi connectivity index (χ2n) is 8.11. The van der Waals surface area contributed by atoms with Crippen molar-refractivity contribution in [1.82, 2.24) is 15.0 Å². The number of amides is 1. The molecule has 1 saturated heterocycles. The first-order chi connectivity index (χ1) is 16.0. The predicted molar refractivity (Wildman–Crippen MR) is 124 cm³/mol. The second kappa shape index (κ2) is 9.78. The minimum Gasteiger partial charge on any atom is -0.505 e. The average molecular weight is 454 g/mol. The van der Waals surface area contributed by atoms with Gasteiger partial charge in [-0.05, 0) is 36.1 Å². The van der Waals surface area contributed by atoms with E-state index in [1.165, 1.54) is 0 Å². The molecule has 1 atom stereocenters. The van der Waals surface area contributed by atoms with E-state index in [1.807, 2.05) is 44.3 Å². The Bertz CT molecular complexity index is 1150. The number of H-pyrrole nitrogens is 1. The summed E-state index contributed by atoms with van der Waals surface area (Å²) in [7, 11) is 2.01. The van der Waals surface area contributed by atoms with Gasteiger partial charge in [0, 0.05) is 26.2 Å². The normalized spacial score (nSPS) is 15.3. The molecule has 2 heterocycles. The molecule has 1 amide bonds. The van der Waals surface area contributed by atoms with Crippen molar-refractivity contribution in [2.24, 2.45) is 0 Å². The summed E-state index contributed by atoms with van der Waals surface area (Å²) < 4.78 is 5.26. The number of phenols is 1. The summed E-state index contributed by atoms with van der Waals surface area (Å²) >= 11 is 0. The van der Waals surface area contributed by atoms with Crippen LogP contribution in [0.25, 0.3) is 0 Å². The van der Waals surface area contributed by atoms with Gasteiger partial charge >= 0.3 is 5.82 Å². The van der Waals surface area contributed by atoms with Gasteiger partial charge in [-0.25, -0.2) is 0 Å². The molecule has 33 heavy (non-hydrogen) atoms. The van der Waals surface area contributed by atoms with Gasteiger partial charge in [0.15, 0.2) is 10.3 Å². The fourth-order valence-corrected chi connectivity index (χ4v) is 3.88. The number of nitrogens with zero attached hydrogens (tertiary/aromatic N) is 3. The predicted octanol–water partition coefficient (Wildman–Crippen LogP) is 2.92. The molecule has 3 aromatic rings. The smallest absolute Gasteiger partial charge is 0.367 e. The van der Waals surface area contributed by atoms with E-state index in [0.29, 0.717) is 17.7 Å². The van der Waals surface area contributed by atoms with E-state index in [1.54, 1.807) is 23.1 Å². The quantitative estimate of drug-likeness (QED) is 0.406. The molecule has 10 nitrogen and oxygen atoms in total. The summed E-state index contributed by atoms with van der Waals surface area (Å²) in [5.41, 5.74) is 1.51. The fourth-order valence-electron chi connectivity index (χ4n) is 3.88. The number of rotatable bonds is 7. The van der Waals surface area contributed by atoms with Crippen molar-refractivity contribution in [3.63, 3.8) is 0 Å². The SMILES string of the molecule is CC[C@@H](Nc1c(Nc2cccc(C(=O)N3CCN(C)CC3)c2O)[nH]o[n+]1=O)c1ccccc1. The molecule has 0 radical (unpaired) electrons. The maximum absolute atomic E-state index is 13.0. The Kier molecular flexibility index (Phi) is 6.64. The highest BCUT2D eigenvalue weighted by Gasteiger charge is 2.27. The third-order valence-corrected chi connectivity index (χ3v) is 5.89. The van der Waals surface area contributed by atoms with Crippen LogP contribution >= 0.6 is 0 Å². The fraction of sp³-hybridized carbons (Fsp3) is 0.348. The van der Waals surface area contributed by atoms with Gasteiger partial charge in [0.25, 0.3) is 11.7 Å². The highest BCUT2D eigenvalue weighted by atomic mass is 16.7. The topological polar surface area (TPSA) is 120 Å². The lowest BCUT2D eigenvalue weighted by Gasteiger charge is -2.32. The molecular weight excluding hydrogens is 424 g/mol. The van der Waals surface area contributed by atoms with Crippen molar-refractivity contribution >= 4 is 23.2 Å². The highest BCUT2D eigenvalue weighted by Crippen LogP contribution is 2.33. The number of likely N-dealkylation sites (N-methyl/N-ethyl adjacent to an activating group) is 1. The van der Waals surface area contributed by atoms with Crippen LogP contribution in [0.1, 0.15) is 35.3 Å². The van der Waals surface area contributed by atoms with Crippen LogP contribution in [0.2, 0.25) is 0 Å². The molecule has 0 bridgehead atoms. The van der Waals surface area contributed by atoms with E-state index >= 15 is 0 Å². The summed E-state index contributed by atoms with van der Waals surface area (Å²) in [6, 6.07) is 14.5. The number of phenolic OH excluding ortho intramolecular Hbond substituents is 1. The van der Waals surface area contributed by atoms with Crippen LogP contribution in [-0.2, 0) is 0 Å². The molecule has 4 N–H and O–H groups in total. The van der Waals surface area contributed by atoms with Gasteiger partial charge in [0.05, 0.1) is 17.3 Å². The number of carbonyl (C=O) groups is 1. The molecule has 4 rings (SSSR count). The summed E-state index contributed by atoms with van der Waals surface area (Å²) in [5, 5.41) is 19.6. The first-order valence-corrected chi connectivity index (χ1v) is 11.0. The van der Waals surface area contributed by atoms with E-state index < -0.39 is 0 Å². The van der Waals surface area contributed by atoms with E-state index in [9.17, 15) is 14.8 Å². The van der Waals surface area contributed by atoms with Crippen LogP contribution in [0.5, 0.6) is 5.75 Å². The number of hydrogen-bond acceptors (Lipinski definition) is 7. The average Bonchev–Trinajstić information content (AvgIpc) is 3.18. The van der Waals surface area contributed by atoms with Gasteiger partial charge in [-0.15, -0.1) is 4.63 Å². The minimum atomic E-state index is -0.229. The largest absolute Gasteiger partial charge is 0.505 e. The monoisotopic (exact) mass is 453 g/mol. The molecule has 1 aromatic heterocycles.